The van der Waals surface area contributed by atoms with Gasteiger partial charge in [0.15, 0.2) is 0 Å². The molecule has 172 valence electrons. The van der Waals surface area contributed by atoms with E-state index in [0.717, 1.165) is 59.9 Å². The van der Waals surface area contributed by atoms with E-state index in [9.17, 15) is 15.2 Å². The Morgan fingerprint density at radius 1 is 1.26 bits per heavy atom. The van der Waals surface area contributed by atoms with Gasteiger partial charge in [0.25, 0.3) is 0 Å². The molecule has 1 N–H and O–H groups in total. The molecule has 0 bridgehead atoms. The van der Waals surface area contributed by atoms with Crippen molar-refractivity contribution in [3.8, 4) is 22.9 Å². The van der Waals surface area contributed by atoms with Crippen LogP contribution in [0.15, 0.2) is 55.1 Å². The zero-order valence-corrected chi connectivity index (χ0v) is 19.4. The molecule has 3 heterocycles. The number of benzene rings is 2. The molecule has 34 heavy (non-hydrogen) atoms. The van der Waals surface area contributed by atoms with Crippen molar-refractivity contribution < 1.29 is 9.90 Å². The number of pyridine rings is 1. The molecule has 0 atom stereocenters. The van der Waals surface area contributed by atoms with Crippen molar-refractivity contribution >= 4 is 22.6 Å². The van der Waals surface area contributed by atoms with Gasteiger partial charge in [-0.05, 0) is 48.2 Å². The highest BCUT2D eigenvalue weighted by Gasteiger charge is 2.49. The fraction of sp³-hybridized carbons (Fsp3) is 0.321. The number of phenolic OH excluding ortho intramolecular Hbond substituents is 1. The molecular weight excluding hydrogens is 424 g/mol. The number of anilines is 1. The van der Waals surface area contributed by atoms with Crippen LogP contribution in [0, 0.1) is 16.7 Å². The summed E-state index contributed by atoms with van der Waals surface area (Å²) in [6.45, 7) is 8.69. The Kier molecular flexibility index (Phi) is 5.49. The first-order chi connectivity index (χ1) is 16.5. The van der Waals surface area contributed by atoms with E-state index in [1.807, 2.05) is 35.2 Å². The summed E-state index contributed by atoms with van der Waals surface area (Å²) in [6, 6.07) is 15.8. The third kappa shape index (κ3) is 3.58. The highest BCUT2D eigenvalue weighted by Crippen LogP contribution is 2.44. The number of aromatic hydroxyl groups is 1. The van der Waals surface area contributed by atoms with Gasteiger partial charge in [0.2, 0.25) is 5.91 Å². The molecule has 2 aliphatic rings. The van der Waals surface area contributed by atoms with E-state index < -0.39 is 0 Å². The minimum absolute atomic E-state index is 0.0276. The number of amides is 1. The van der Waals surface area contributed by atoms with E-state index in [-0.39, 0.29) is 17.1 Å². The van der Waals surface area contributed by atoms with Crippen LogP contribution in [0.1, 0.15) is 30.9 Å². The zero-order chi connectivity index (χ0) is 23.9. The molecule has 0 aliphatic carbocycles. The van der Waals surface area contributed by atoms with Crippen LogP contribution in [0.2, 0.25) is 0 Å². The SMILES string of the molecule is C=CC(=O)N1CC2(CCN(c3nc4ccccc4c(-c4cc(O)ccc4CCC)c3C#N)C2)C1. The van der Waals surface area contributed by atoms with Gasteiger partial charge in [-0.25, -0.2) is 4.98 Å². The number of phenols is 1. The number of carbonyl (C=O) groups is 1. The summed E-state index contributed by atoms with van der Waals surface area (Å²) in [5.74, 6) is 0.843. The second-order valence-corrected chi connectivity index (χ2v) is 9.48. The maximum Gasteiger partial charge on any atom is 0.245 e. The maximum absolute atomic E-state index is 12.0. The summed E-state index contributed by atoms with van der Waals surface area (Å²) in [4.78, 5) is 20.9. The van der Waals surface area contributed by atoms with E-state index in [1.54, 1.807) is 12.1 Å². The summed E-state index contributed by atoms with van der Waals surface area (Å²) < 4.78 is 0. The van der Waals surface area contributed by atoms with E-state index in [2.05, 4.69) is 24.5 Å². The first-order valence-electron chi connectivity index (χ1n) is 11.8. The monoisotopic (exact) mass is 452 g/mol. The van der Waals surface area contributed by atoms with Crippen LogP contribution in [-0.2, 0) is 11.2 Å². The van der Waals surface area contributed by atoms with Crippen LogP contribution in [0.25, 0.3) is 22.0 Å². The Balaban J connectivity index is 1.62. The molecule has 1 spiro atoms. The number of hydrogen-bond acceptors (Lipinski definition) is 5. The van der Waals surface area contributed by atoms with Crippen molar-refractivity contribution in [2.45, 2.75) is 26.2 Å². The molecule has 1 aromatic heterocycles. The Labute approximate surface area is 199 Å². The van der Waals surface area contributed by atoms with Crippen LogP contribution in [0.4, 0.5) is 5.82 Å². The molecule has 0 saturated carbocycles. The highest BCUT2D eigenvalue weighted by molar-refractivity contribution is 6.01. The number of para-hydroxylation sites is 1. The molecule has 2 saturated heterocycles. The van der Waals surface area contributed by atoms with E-state index in [1.165, 1.54) is 6.08 Å². The van der Waals surface area contributed by atoms with Crippen molar-refractivity contribution in [3.63, 3.8) is 0 Å². The number of nitriles is 1. The first kappa shape index (κ1) is 22.0. The molecular formula is C28H28N4O2. The van der Waals surface area contributed by atoms with Gasteiger partial charge in [0.1, 0.15) is 23.2 Å². The van der Waals surface area contributed by atoms with E-state index >= 15 is 0 Å². The van der Waals surface area contributed by atoms with Gasteiger partial charge in [-0.2, -0.15) is 5.26 Å². The second kappa shape index (κ2) is 8.49. The number of aryl methyl sites for hydroxylation is 1. The third-order valence-electron chi connectivity index (χ3n) is 7.14. The second-order valence-electron chi connectivity index (χ2n) is 9.48. The molecule has 6 heteroatoms. The number of nitrogens with zero attached hydrogens (tertiary/aromatic N) is 4. The number of rotatable bonds is 5. The lowest BCUT2D eigenvalue weighted by Gasteiger charge is -2.47. The number of carbonyl (C=O) groups excluding carboxylic acids is 1. The number of fused-ring (bicyclic) bond motifs is 1. The lowest BCUT2D eigenvalue weighted by molar-refractivity contribution is -0.136. The van der Waals surface area contributed by atoms with Gasteiger partial charge in [0, 0.05) is 42.5 Å². The van der Waals surface area contributed by atoms with E-state index in [0.29, 0.717) is 24.5 Å². The molecule has 3 aromatic rings. The predicted octanol–water partition coefficient (Wildman–Crippen LogP) is 4.66. The average molecular weight is 453 g/mol. The molecule has 2 aromatic carbocycles. The smallest absolute Gasteiger partial charge is 0.245 e. The van der Waals surface area contributed by atoms with Crippen molar-refractivity contribution in [1.29, 1.82) is 5.26 Å². The van der Waals surface area contributed by atoms with Crippen LogP contribution in [0.5, 0.6) is 5.75 Å². The maximum atomic E-state index is 12.0. The van der Waals surface area contributed by atoms with Gasteiger partial charge >= 0.3 is 0 Å². The van der Waals surface area contributed by atoms with Gasteiger partial charge in [-0.3, -0.25) is 4.79 Å². The minimum Gasteiger partial charge on any atom is -0.508 e. The molecule has 2 fully saturated rings. The normalized spacial score (nSPS) is 16.5. The fourth-order valence-corrected chi connectivity index (χ4v) is 5.52. The Morgan fingerprint density at radius 3 is 2.79 bits per heavy atom. The largest absolute Gasteiger partial charge is 0.508 e. The van der Waals surface area contributed by atoms with Gasteiger partial charge in [-0.15, -0.1) is 0 Å². The van der Waals surface area contributed by atoms with Gasteiger partial charge < -0.3 is 14.9 Å². The Hall–Kier alpha value is -3.85. The first-order valence-corrected chi connectivity index (χ1v) is 11.8. The quantitative estimate of drug-likeness (QED) is 0.570. The lowest BCUT2D eigenvalue weighted by Crippen LogP contribution is -2.59. The molecule has 0 radical (unpaired) electrons. The van der Waals surface area contributed by atoms with Crippen LogP contribution in [0.3, 0.4) is 0 Å². The highest BCUT2D eigenvalue weighted by atomic mass is 16.3. The topological polar surface area (TPSA) is 80.5 Å². The average Bonchev–Trinajstić information content (AvgIpc) is 3.28. The third-order valence-corrected chi connectivity index (χ3v) is 7.14. The summed E-state index contributed by atoms with van der Waals surface area (Å²) in [5, 5.41) is 21.6. The molecule has 5 rings (SSSR count). The van der Waals surface area contributed by atoms with Crippen molar-refractivity contribution in [2.24, 2.45) is 5.41 Å². The number of hydrogen-bond donors (Lipinski definition) is 1. The van der Waals surface area contributed by atoms with Crippen LogP contribution < -0.4 is 4.90 Å². The van der Waals surface area contributed by atoms with Gasteiger partial charge in [-0.1, -0.05) is 44.2 Å². The molecule has 6 nitrogen and oxygen atoms in total. The molecule has 1 amide bonds. The zero-order valence-electron chi connectivity index (χ0n) is 19.4. The van der Waals surface area contributed by atoms with Crippen molar-refractivity contribution in [3.05, 3.63) is 66.2 Å². The summed E-state index contributed by atoms with van der Waals surface area (Å²) in [5.41, 5.74) is 4.23. The van der Waals surface area contributed by atoms with Crippen LogP contribution >= 0.6 is 0 Å². The minimum atomic E-state index is -0.0276. The fourth-order valence-electron chi connectivity index (χ4n) is 5.52. The lowest BCUT2D eigenvalue weighted by atomic mass is 9.79. The number of likely N-dealkylation sites (tertiary alicyclic amines) is 1. The standard InChI is InChI=1S/C28H28N4O2/c1-3-7-19-10-11-20(33)14-22(19)26-21-8-5-6-9-24(21)30-27(23(26)15-29)31-13-12-28(16-31)17-32(18-28)25(34)4-2/h4-6,8-11,14,33H,2-3,7,12-13,16-18H2,1H3. The predicted molar refractivity (Wildman–Crippen MR) is 134 cm³/mol. The van der Waals surface area contributed by atoms with Crippen molar-refractivity contribution in [2.75, 3.05) is 31.1 Å². The van der Waals surface area contributed by atoms with Gasteiger partial charge in [0.05, 0.1) is 5.52 Å². The van der Waals surface area contributed by atoms with E-state index in [4.69, 9.17) is 4.98 Å². The summed E-state index contributed by atoms with van der Waals surface area (Å²) >= 11 is 0. The van der Waals surface area contributed by atoms with Crippen molar-refractivity contribution in [1.82, 2.24) is 9.88 Å². The summed E-state index contributed by atoms with van der Waals surface area (Å²) in [7, 11) is 0. The molecule has 0 unspecified atom stereocenters. The number of aromatic nitrogens is 1. The van der Waals surface area contributed by atoms with Crippen LogP contribution in [-0.4, -0.2) is 47.1 Å². The summed E-state index contributed by atoms with van der Waals surface area (Å²) in [6.07, 6.45) is 4.14. The Morgan fingerprint density at radius 2 is 2.06 bits per heavy atom. The molecule has 2 aliphatic heterocycles. The Bertz CT molecular complexity index is 1330.